The van der Waals surface area contributed by atoms with Gasteiger partial charge in [-0.2, -0.15) is 0 Å². The topological polar surface area (TPSA) is 58.9 Å². The first-order valence-electron chi connectivity index (χ1n) is 8.53. The number of nitrogens with zero attached hydrogens (tertiary/aromatic N) is 1. The maximum atomic E-state index is 10.9. The lowest BCUT2D eigenvalue weighted by Crippen LogP contribution is -2.49. The van der Waals surface area contributed by atoms with Crippen LogP contribution in [0.1, 0.15) is 22.7 Å². The first-order chi connectivity index (χ1) is 11.9. The van der Waals surface area contributed by atoms with Crippen molar-refractivity contribution in [3.63, 3.8) is 0 Å². The van der Waals surface area contributed by atoms with E-state index in [-0.39, 0.29) is 17.5 Å². The number of phenolic OH excluding ortho intramolecular Hbond substituents is 2. The Bertz CT molecular complexity index is 873. The smallest absolute Gasteiger partial charge is 0.166 e. The molecule has 0 spiro atoms. The van der Waals surface area contributed by atoms with Crippen molar-refractivity contribution in [3.8, 4) is 34.1 Å². The van der Waals surface area contributed by atoms with Gasteiger partial charge in [0.05, 0.1) is 34.9 Å². The quantitative estimate of drug-likeness (QED) is 0.824. The monoisotopic (exact) mass is 342 g/mol. The van der Waals surface area contributed by atoms with Crippen molar-refractivity contribution in [1.29, 1.82) is 0 Å². The van der Waals surface area contributed by atoms with Crippen molar-refractivity contribution in [2.45, 2.75) is 18.9 Å². The number of phenols is 2. The zero-order chi connectivity index (χ0) is 17.9. The van der Waals surface area contributed by atoms with Crippen LogP contribution in [0.5, 0.6) is 23.0 Å². The lowest BCUT2D eigenvalue weighted by molar-refractivity contribution is -0.923. The fraction of sp³-hybridized carbons (Fsp3) is 0.400. The Kier molecular flexibility index (Phi) is 3.41. The van der Waals surface area contributed by atoms with Crippen LogP contribution in [-0.2, 0) is 12.8 Å². The van der Waals surface area contributed by atoms with Crippen molar-refractivity contribution in [2.75, 3.05) is 34.9 Å². The van der Waals surface area contributed by atoms with Gasteiger partial charge in [-0.3, -0.25) is 0 Å². The Morgan fingerprint density at radius 3 is 2.32 bits per heavy atom. The number of benzene rings is 2. The summed E-state index contributed by atoms with van der Waals surface area (Å²) in [6, 6.07) is 5.98. The number of hydrogen-bond donors (Lipinski definition) is 2. The van der Waals surface area contributed by atoms with E-state index in [1.54, 1.807) is 13.2 Å². The molecule has 5 nitrogen and oxygen atoms in total. The van der Waals surface area contributed by atoms with Crippen LogP contribution in [0.3, 0.4) is 0 Å². The molecule has 0 bridgehead atoms. The number of likely N-dealkylation sites (N-methyl/N-ethyl adjacent to an activating group) is 1. The molecule has 5 heteroatoms. The first-order valence-corrected chi connectivity index (χ1v) is 8.53. The van der Waals surface area contributed by atoms with E-state index in [9.17, 15) is 10.2 Å². The average Bonchev–Trinajstić information content (AvgIpc) is 2.59. The zero-order valence-electron chi connectivity index (χ0n) is 15.1. The molecule has 2 aromatic carbocycles. The van der Waals surface area contributed by atoms with Crippen LogP contribution in [0.2, 0.25) is 0 Å². The van der Waals surface area contributed by atoms with Crippen LogP contribution in [0, 0.1) is 0 Å². The summed E-state index contributed by atoms with van der Waals surface area (Å²) in [5.41, 5.74) is 4.72. The standard InChI is InChI=1S/C20H23NO4/c1-21(2)8-7-12-10-15(25-4)20(23)18-16(12)13(21)9-11-5-6-14(24-3)19(22)17(11)18/h5-6,10,13H,7-9H2,1-4H3,(H-,22,23)/p+1/t13-/m1/s1. The van der Waals surface area contributed by atoms with E-state index in [0.717, 1.165) is 35.0 Å². The van der Waals surface area contributed by atoms with Crippen LogP contribution in [0.15, 0.2) is 18.2 Å². The third-order valence-corrected chi connectivity index (χ3v) is 5.86. The van der Waals surface area contributed by atoms with Crippen LogP contribution >= 0.6 is 0 Å². The van der Waals surface area contributed by atoms with Crippen LogP contribution in [0.25, 0.3) is 11.1 Å². The molecule has 0 saturated heterocycles. The Balaban J connectivity index is 2.11. The fourth-order valence-corrected chi connectivity index (χ4v) is 4.41. The van der Waals surface area contributed by atoms with E-state index in [1.165, 1.54) is 12.7 Å². The second kappa shape index (κ2) is 5.30. The number of aromatic hydroxyl groups is 2. The molecular formula is C20H24NO4+. The minimum Gasteiger partial charge on any atom is -0.504 e. The summed E-state index contributed by atoms with van der Waals surface area (Å²) < 4.78 is 11.6. The van der Waals surface area contributed by atoms with Gasteiger partial charge in [-0.25, -0.2) is 0 Å². The van der Waals surface area contributed by atoms with Crippen LogP contribution in [-0.4, -0.2) is 49.6 Å². The summed E-state index contributed by atoms with van der Waals surface area (Å²) in [5, 5.41) is 21.7. The molecule has 0 radical (unpaired) electrons. The number of ether oxygens (including phenoxy) is 2. The van der Waals surface area contributed by atoms with Gasteiger partial charge >= 0.3 is 0 Å². The lowest BCUT2D eigenvalue weighted by Gasteiger charge is -2.46. The highest BCUT2D eigenvalue weighted by atomic mass is 16.5. The van der Waals surface area contributed by atoms with Gasteiger partial charge in [0.25, 0.3) is 0 Å². The SMILES string of the molecule is COc1ccc2c(c1O)-c1c(O)c(OC)cc3c1[C@@H](C2)[N+](C)(C)CC3. The Morgan fingerprint density at radius 2 is 1.64 bits per heavy atom. The molecule has 0 fully saturated rings. The van der Waals surface area contributed by atoms with Gasteiger partial charge in [0.1, 0.15) is 6.04 Å². The number of quaternary nitrogens is 1. The van der Waals surface area contributed by atoms with Gasteiger partial charge in [-0.05, 0) is 23.3 Å². The normalized spacial score (nSPS) is 19.8. The second-order valence-electron chi connectivity index (χ2n) is 7.50. The molecule has 2 aliphatic rings. The predicted molar refractivity (Wildman–Crippen MR) is 95.4 cm³/mol. The molecule has 0 amide bonds. The van der Waals surface area contributed by atoms with E-state index in [1.807, 2.05) is 12.1 Å². The van der Waals surface area contributed by atoms with Crippen LogP contribution < -0.4 is 9.47 Å². The van der Waals surface area contributed by atoms with Crippen molar-refractivity contribution in [1.82, 2.24) is 0 Å². The largest absolute Gasteiger partial charge is 0.504 e. The molecule has 132 valence electrons. The molecule has 0 unspecified atom stereocenters. The van der Waals surface area contributed by atoms with Crippen LogP contribution in [0.4, 0.5) is 0 Å². The Labute approximate surface area is 147 Å². The summed E-state index contributed by atoms with van der Waals surface area (Å²) in [4.78, 5) is 0. The van der Waals surface area contributed by atoms with Crippen molar-refractivity contribution in [3.05, 3.63) is 34.9 Å². The first kappa shape index (κ1) is 16.1. The molecule has 0 aromatic heterocycles. The van der Waals surface area contributed by atoms with Crippen molar-refractivity contribution < 1.29 is 24.2 Å². The summed E-state index contributed by atoms with van der Waals surface area (Å²) in [5.74, 6) is 1.05. The van der Waals surface area contributed by atoms with E-state index in [2.05, 4.69) is 14.1 Å². The molecule has 1 aliphatic heterocycles. The molecule has 2 N–H and O–H groups in total. The maximum absolute atomic E-state index is 10.9. The third-order valence-electron chi connectivity index (χ3n) is 5.86. The minimum atomic E-state index is 0.0834. The molecule has 0 saturated carbocycles. The molecule has 2 aromatic rings. The summed E-state index contributed by atoms with van der Waals surface area (Å²) in [7, 11) is 7.55. The molecule has 4 rings (SSSR count). The van der Waals surface area contributed by atoms with Gasteiger partial charge in [0, 0.05) is 29.5 Å². The van der Waals surface area contributed by atoms with Gasteiger partial charge in [0.15, 0.2) is 23.0 Å². The van der Waals surface area contributed by atoms with E-state index in [0.29, 0.717) is 22.6 Å². The Morgan fingerprint density at radius 1 is 0.960 bits per heavy atom. The highest BCUT2D eigenvalue weighted by molar-refractivity contribution is 5.87. The average molecular weight is 342 g/mol. The number of methoxy groups -OCH3 is 2. The van der Waals surface area contributed by atoms with E-state index in [4.69, 9.17) is 9.47 Å². The molecule has 25 heavy (non-hydrogen) atoms. The highest BCUT2D eigenvalue weighted by Gasteiger charge is 2.44. The number of rotatable bonds is 2. The fourth-order valence-electron chi connectivity index (χ4n) is 4.41. The Hall–Kier alpha value is -2.40. The molecule has 1 aliphatic carbocycles. The lowest BCUT2D eigenvalue weighted by atomic mass is 9.75. The van der Waals surface area contributed by atoms with Crippen molar-refractivity contribution in [2.24, 2.45) is 0 Å². The van der Waals surface area contributed by atoms with Gasteiger partial charge in [-0.15, -0.1) is 0 Å². The van der Waals surface area contributed by atoms with E-state index < -0.39 is 0 Å². The second-order valence-corrected chi connectivity index (χ2v) is 7.50. The van der Waals surface area contributed by atoms with Gasteiger partial charge in [-0.1, -0.05) is 6.07 Å². The zero-order valence-corrected chi connectivity index (χ0v) is 15.1. The summed E-state index contributed by atoms with van der Waals surface area (Å²) >= 11 is 0. The third kappa shape index (κ3) is 2.12. The maximum Gasteiger partial charge on any atom is 0.166 e. The minimum absolute atomic E-state index is 0.0834. The molecule has 1 heterocycles. The van der Waals surface area contributed by atoms with Gasteiger partial charge in [0.2, 0.25) is 0 Å². The summed E-state index contributed by atoms with van der Waals surface area (Å²) in [6.45, 7) is 1.03. The number of hydrogen-bond acceptors (Lipinski definition) is 4. The number of fused-ring (bicyclic) bond motifs is 2. The summed E-state index contributed by atoms with van der Waals surface area (Å²) in [6.07, 6.45) is 1.74. The molecule has 1 atom stereocenters. The van der Waals surface area contributed by atoms with Gasteiger partial charge < -0.3 is 24.2 Å². The highest BCUT2D eigenvalue weighted by Crippen LogP contribution is 2.56. The predicted octanol–water partition coefficient (Wildman–Crippen LogP) is 3.01. The molecular weight excluding hydrogens is 318 g/mol. The van der Waals surface area contributed by atoms with E-state index >= 15 is 0 Å². The van der Waals surface area contributed by atoms with Crippen molar-refractivity contribution >= 4 is 0 Å².